The Kier molecular flexibility index (Phi) is 3.17. The fourth-order valence-corrected chi connectivity index (χ4v) is 3.58. The van der Waals surface area contributed by atoms with E-state index in [1.807, 2.05) is 44.3 Å². The average molecular weight is 321 g/mol. The summed E-state index contributed by atoms with van der Waals surface area (Å²) >= 11 is 0. The molecule has 0 saturated heterocycles. The second kappa shape index (κ2) is 5.13. The molecular weight excluding hydrogens is 302 g/mol. The summed E-state index contributed by atoms with van der Waals surface area (Å²) in [6, 6.07) is 9.48. The molecule has 1 aliphatic rings. The van der Waals surface area contributed by atoms with Crippen LogP contribution < -0.4 is 14.9 Å². The number of pyridine rings is 1. The van der Waals surface area contributed by atoms with E-state index >= 15 is 0 Å². The van der Waals surface area contributed by atoms with Gasteiger partial charge in [-0.3, -0.25) is 4.79 Å². The van der Waals surface area contributed by atoms with Gasteiger partial charge in [0.05, 0.1) is 23.5 Å². The Morgan fingerprint density at radius 3 is 2.83 bits per heavy atom. The van der Waals surface area contributed by atoms with Crippen molar-refractivity contribution in [3.05, 3.63) is 58.3 Å². The zero-order valence-corrected chi connectivity index (χ0v) is 14.1. The highest BCUT2D eigenvalue weighted by Gasteiger charge is 2.29. The van der Waals surface area contributed by atoms with E-state index in [-0.39, 0.29) is 11.5 Å². The van der Waals surface area contributed by atoms with Crippen LogP contribution in [0.5, 0.6) is 11.5 Å². The average Bonchev–Trinajstić information content (AvgIpc) is 3.02. The van der Waals surface area contributed by atoms with Gasteiger partial charge in [0.1, 0.15) is 17.6 Å². The van der Waals surface area contributed by atoms with Gasteiger partial charge in [0, 0.05) is 30.5 Å². The Morgan fingerprint density at radius 2 is 2.12 bits per heavy atom. The van der Waals surface area contributed by atoms with Gasteiger partial charge in [-0.2, -0.15) is 0 Å². The maximum absolute atomic E-state index is 13.1. The van der Waals surface area contributed by atoms with E-state index in [0.717, 1.165) is 34.3 Å². The molecule has 4 nitrogen and oxygen atoms in total. The number of hydrogen-bond acceptors (Lipinski definition) is 3. The highest BCUT2D eigenvalue weighted by atomic mass is 16.5. The minimum Gasteiger partial charge on any atom is -0.496 e. The second-order valence-corrected chi connectivity index (χ2v) is 6.34. The summed E-state index contributed by atoms with van der Waals surface area (Å²) in [5.41, 5.74) is 3.81. The van der Waals surface area contributed by atoms with Crippen LogP contribution in [0.4, 0.5) is 0 Å². The molecule has 0 fully saturated rings. The van der Waals surface area contributed by atoms with Crippen molar-refractivity contribution in [2.45, 2.75) is 19.4 Å². The topological polar surface area (TPSA) is 40.5 Å². The minimum atomic E-state index is -0.0584. The first-order chi connectivity index (χ1) is 11.5. The van der Waals surface area contributed by atoms with E-state index in [2.05, 4.69) is 11.1 Å². The Hall–Kier alpha value is -2.75. The first kappa shape index (κ1) is 14.8. The molecule has 0 N–H and O–H groups in total. The van der Waals surface area contributed by atoms with Gasteiger partial charge in [0.15, 0.2) is 0 Å². The number of aryl methyl sites for hydroxylation is 1. The third-order valence-corrected chi connectivity index (χ3v) is 4.83. The van der Waals surface area contributed by atoms with Gasteiger partial charge < -0.3 is 14.0 Å². The van der Waals surface area contributed by atoms with E-state index in [0.29, 0.717) is 16.5 Å². The molecule has 24 heavy (non-hydrogen) atoms. The SMILES string of the molecule is C=C(C)C1Cc2c(cc(OC)c3c(=O)c4ccccc4n(C)c23)O1. The molecule has 0 aliphatic carbocycles. The van der Waals surface area contributed by atoms with E-state index in [9.17, 15) is 4.79 Å². The molecule has 1 unspecified atom stereocenters. The molecule has 4 rings (SSSR count). The molecule has 2 aromatic carbocycles. The largest absolute Gasteiger partial charge is 0.496 e. The third-order valence-electron chi connectivity index (χ3n) is 4.83. The number of rotatable bonds is 2. The van der Waals surface area contributed by atoms with Crippen LogP contribution in [0.2, 0.25) is 0 Å². The molecule has 4 heteroatoms. The zero-order chi connectivity index (χ0) is 17.0. The van der Waals surface area contributed by atoms with Crippen molar-refractivity contribution in [2.24, 2.45) is 7.05 Å². The van der Waals surface area contributed by atoms with Crippen molar-refractivity contribution in [3.63, 3.8) is 0 Å². The molecule has 0 spiro atoms. The van der Waals surface area contributed by atoms with Crippen molar-refractivity contribution < 1.29 is 9.47 Å². The molecular formula is C20H19NO3. The lowest BCUT2D eigenvalue weighted by Crippen LogP contribution is -2.13. The molecule has 2 heterocycles. The van der Waals surface area contributed by atoms with Crippen LogP contribution in [-0.4, -0.2) is 17.8 Å². The first-order valence-electron chi connectivity index (χ1n) is 7.96. The first-order valence-corrected chi connectivity index (χ1v) is 7.96. The third kappa shape index (κ3) is 1.89. The van der Waals surface area contributed by atoms with Crippen LogP contribution in [0.3, 0.4) is 0 Å². The van der Waals surface area contributed by atoms with Crippen LogP contribution >= 0.6 is 0 Å². The van der Waals surface area contributed by atoms with Crippen molar-refractivity contribution in [3.8, 4) is 11.5 Å². The molecule has 3 aromatic rings. The number of methoxy groups -OCH3 is 1. The van der Waals surface area contributed by atoms with Crippen LogP contribution in [-0.2, 0) is 13.5 Å². The van der Waals surface area contributed by atoms with E-state index in [1.165, 1.54) is 0 Å². The van der Waals surface area contributed by atoms with E-state index in [1.54, 1.807) is 7.11 Å². The zero-order valence-electron chi connectivity index (χ0n) is 14.1. The van der Waals surface area contributed by atoms with Crippen molar-refractivity contribution in [1.29, 1.82) is 0 Å². The number of nitrogens with zero attached hydrogens (tertiary/aromatic N) is 1. The predicted octanol–water partition coefficient (Wildman–Crippen LogP) is 3.58. The number of hydrogen-bond donors (Lipinski definition) is 0. The highest BCUT2D eigenvalue weighted by Crippen LogP contribution is 2.41. The Morgan fingerprint density at radius 1 is 1.38 bits per heavy atom. The summed E-state index contributed by atoms with van der Waals surface area (Å²) in [7, 11) is 3.57. The van der Waals surface area contributed by atoms with Crippen LogP contribution in [0.1, 0.15) is 12.5 Å². The lowest BCUT2D eigenvalue weighted by Gasteiger charge is -2.15. The van der Waals surface area contributed by atoms with Gasteiger partial charge in [-0.05, 0) is 24.6 Å². The normalized spacial score (nSPS) is 16.2. The molecule has 1 atom stereocenters. The second-order valence-electron chi connectivity index (χ2n) is 6.34. The standard InChI is InChI=1S/C20H19NO3/c1-11(2)15-9-13-16(24-15)10-17(23-4)18-19(13)21(3)14-8-6-5-7-12(14)20(18)22/h5-8,10,15H,1,9H2,2-4H3. The molecule has 0 amide bonds. The van der Waals surface area contributed by atoms with Gasteiger partial charge in [-0.1, -0.05) is 18.7 Å². The van der Waals surface area contributed by atoms with Crippen LogP contribution in [0, 0.1) is 0 Å². The molecule has 0 bridgehead atoms. The summed E-state index contributed by atoms with van der Waals surface area (Å²) in [5.74, 6) is 1.33. The Balaban J connectivity index is 2.19. The summed E-state index contributed by atoms with van der Waals surface area (Å²) in [4.78, 5) is 13.1. The number of benzene rings is 2. The van der Waals surface area contributed by atoms with Gasteiger partial charge in [0.2, 0.25) is 5.43 Å². The molecule has 1 aromatic heterocycles. The maximum Gasteiger partial charge on any atom is 0.200 e. The molecule has 0 saturated carbocycles. The van der Waals surface area contributed by atoms with Crippen molar-refractivity contribution in [1.82, 2.24) is 4.57 Å². The molecule has 0 radical (unpaired) electrons. The van der Waals surface area contributed by atoms with Crippen molar-refractivity contribution >= 4 is 21.8 Å². The number of aromatic nitrogens is 1. The fraction of sp³-hybridized carbons (Fsp3) is 0.250. The summed E-state index contributed by atoms with van der Waals surface area (Å²) < 4.78 is 13.6. The summed E-state index contributed by atoms with van der Waals surface area (Å²) in [6.07, 6.45) is 0.661. The lowest BCUT2D eigenvalue weighted by atomic mass is 10.00. The number of ether oxygens (including phenoxy) is 2. The molecule has 1 aliphatic heterocycles. The highest BCUT2D eigenvalue weighted by molar-refractivity contribution is 5.99. The quantitative estimate of drug-likeness (QED) is 0.535. The van der Waals surface area contributed by atoms with Gasteiger partial charge in [0.25, 0.3) is 0 Å². The van der Waals surface area contributed by atoms with Crippen molar-refractivity contribution in [2.75, 3.05) is 7.11 Å². The summed E-state index contributed by atoms with van der Waals surface area (Å²) in [6.45, 7) is 5.97. The summed E-state index contributed by atoms with van der Waals surface area (Å²) in [5, 5.41) is 1.31. The lowest BCUT2D eigenvalue weighted by molar-refractivity contribution is 0.270. The molecule has 122 valence electrons. The maximum atomic E-state index is 13.1. The smallest absolute Gasteiger partial charge is 0.200 e. The Labute approximate surface area is 139 Å². The van der Waals surface area contributed by atoms with Gasteiger partial charge >= 0.3 is 0 Å². The van der Waals surface area contributed by atoms with E-state index < -0.39 is 0 Å². The van der Waals surface area contributed by atoms with Gasteiger partial charge in [-0.25, -0.2) is 0 Å². The minimum absolute atomic E-state index is 0.00266. The van der Waals surface area contributed by atoms with E-state index in [4.69, 9.17) is 9.47 Å². The van der Waals surface area contributed by atoms with Crippen LogP contribution in [0.25, 0.3) is 21.8 Å². The number of fused-ring (bicyclic) bond motifs is 4. The Bertz CT molecular complexity index is 1060. The fourth-order valence-electron chi connectivity index (χ4n) is 3.58. The van der Waals surface area contributed by atoms with Crippen LogP contribution in [0.15, 0.2) is 47.3 Å². The number of para-hydroxylation sites is 1. The monoisotopic (exact) mass is 321 g/mol. The predicted molar refractivity (Wildman–Crippen MR) is 96.2 cm³/mol. The van der Waals surface area contributed by atoms with Gasteiger partial charge in [-0.15, -0.1) is 0 Å².